The molecule has 1 N–H and O–H groups in total. The maximum Gasteiger partial charge on any atom is 0.144 e. The van der Waals surface area contributed by atoms with Crippen molar-refractivity contribution in [3.63, 3.8) is 0 Å². The predicted octanol–water partition coefficient (Wildman–Crippen LogP) is 0.338. The molecular weight excluding hydrogens is 201 g/mol. The quantitative estimate of drug-likeness (QED) is 0.719. The number of ether oxygens (including phenoxy) is 1. The molecule has 2 rings (SSSR count). The minimum atomic E-state index is 0.331. The first kappa shape index (κ1) is 11.0. The van der Waals surface area contributed by atoms with Crippen molar-refractivity contribution in [2.45, 2.75) is 18.9 Å². The van der Waals surface area contributed by atoms with Crippen LogP contribution in [-0.4, -0.2) is 32.1 Å². The predicted molar refractivity (Wildman–Crippen MR) is 61.8 cm³/mol. The summed E-state index contributed by atoms with van der Waals surface area (Å²) in [5.74, 6) is 0.614. The fourth-order valence-electron chi connectivity index (χ4n) is 1.72. The van der Waals surface area contributed by atoms with Gasteiger partial charge in [0.1, 0.15) is 19.7 Å². The lowest BCUT2D eigenvalue weighted by molar-refractivity contribution is 0.0904. The monoisotopic (exact) mass is 213 g/mol. The Hall–Kier alpha value is -1.54. The maximum atomic E-state index is 8.96. The highest BCUT2D eigenvalue weighted by atomic mass is 16.5. The lowest BCUT2D eigenvalue weighted by atomic mass is 9.97. The molecule has 2 radical (unpaired) electrons. The van der Waals surface area contributed by atoms with Crippen LogP contribution in [0.5, 0.6) is 0 Å². The van der Waals surface area contributed by atoms with E-state index in [1.165, 1.54) is 0 Å². The fourth-order valence-corrected chi connectivity index (χ4v) is 1.72. The zero-order chi connectivity index (χ0) is 11.4. The summed E-state index contributed by atoms with van der Waals surface area (Å²) in [5, 5.41) is 12.2. The molecule has 80 valence electrons. The summed E-state index contributed by atoms with van der Waals surface area (Å²) in [4.78, 5) is 4.14. The van der Waals surface area contributed by atoms with Crippen molar-refractivity contribution < 1.29 is 4.74 Å². The standard InChI is InChI=1S/C11H12BN3O/c12-9-5-8(6-13)11(14-7-9)15-10-1-3-16-4-2-10/h5,7,10H,1-4H2,(H,14,15). The van der Waals surface area contributed by atoms with Crippen LogP contribution in [0.3, 0.4) is 0 Å². The van der Waals surface area contributed by atoms with Gasteiger partial charge in [-0.25, -0.2) is 4.98 Å². The number of rotatable bonds is 2. The molecule has 1 aliphatic heterocycles. The summed E-state index contributed by atoms with van der Waals surface area (Å²) in [6.45, 7) is 1.52. The van der Waals surface area contributed by atoms with Crippen LogP contribution in [0.4, 0.5) is 5.82 Å². The molecular formula is C11H12BN3O. The van der Waals surface area contributed by atoms with E-state index in [9.17, 15) is 0 Å². The van der Waals surface area contributed by atoms with Crippen LogP contribution in [0.25, 0.3) is 0 Å². The van der Waals surface area contributed by atoms with Gasteiger partial charge in [-0.3, -0.25) is 0 Å². The molecule has 0 saturated carbocycles. The summed E-state index contributed by atoms with van der Waals surface area (Å²) < 4.78 is 5.27. The minimum Gasteiger partial charge on any atom is -0.381 e. The van der Waals surface area contributed by atoms with Crippen molar-refractivity contribution in [2.24, 2.45) is 0 Å². The molecule has 0 bridgehead atoms. The topological polar surface area (TPSA) is 57.9 Å². The Labute approximate surface area is 96.0 Å². The molecule has 1 fully saturated rings. The van der Waals surface area contributed by atoms with Crippen LogP contribution >= 0.6 is 0 Å². The van der Waals surface area contributed by atoms with Crippen molar-refractivity contribution >= 4 is 19.1 Å². The highest BCUT2D eigenvalue weighted by Crippen LogP contribution is 2.15. The highest BCUT2D eigenvalue weighted by Gasteiger charge is 2.15. The summed E-state index contributed by atoms with van der Waals surface area (Å²) in [5.41, 5.74) is 1.00. The van der Waals surface area contributed by atoms with Gasteiger partial charge >= 0.3 is 0 Å². The summed E-state index contributed by atoms with van der Waals surface area (Å²) >= 11 is 0. The average molecular weight is 213 g/mol. The van der Waals surface area contributed by atoms with E-state index in [2.05, 4.69) is 16.4 Å². The Balaban J connectivity index is 2.11. The average Bonchev–Trinajstić information content (AvgIpc) is 2.33. The number of nitrogens with zero attached hydrogens (tertiary/aromatic N) is 2. The molecule has 16 heavy (non-hydrogen) atoms. The maximum absolute atomic E-state index is 8.96. The van der Waals surface area contributed by atoms with Crippen LogP contribution in [0.2, 0.25) is 0 Å². The number of hydrogen-bond acceptors (Lipinski definition) is 4. The molecule has 1 aromatic heterocycles. The third-order valence-corrected chi connectivity index (χ3v) is 2.59. The van der Waals surface area contributed by atoms with Gasteiger partial charge in [0, 0.05) is 25.5 Å². The van der Waals surface area contributed by atoms with Crippen molar-refractivity contribution in [1.29, 1.82) is 5.26 Å². The first-order valence-corrected chi connectivity index (χ1v) is 5.29. The summed E-state index contributed by atoms with van der Waals surface area (Å²) in [6, 6.07) is 4.05. The first-order chi connectivity index (χ1) is 7.79. The van der Waals surface area contributed by atoms with Crippen LogP contribution in [0.15, 0.2) is 12.3 Å². The molecule has 0 aromatic carbocycles. The zero-order valence-electron chi connectivity index (χ0n) is 8.94. The lowest BCUT2D eigenvalue weighted by Gasteiger charge is -2.24. The van der Waals surface area contributed by atoms with E-state index < -0.39 is 0 Å². The minimum absolute atomic E-state index is 0.331. The lowest BCUT2D eigenvalue weighted by Crippen LogP contribution is -2.28. The van der Waals surface area contributed by atoms with Crippen LogP contribution in [0, 0.1) is 11.3 Å². The van der Waals surface area contributed by atoms with E-state index in [0.29, 0.717) is 22.9 Å². The van der Waals surface area contributed by atoms with Crippen LogP contribution in [-0.2, 0) is 4.74 Å². The Bertz CT molecular complexity index is 410. The number of nitriles is 1. The van der Waals surface area contributed by atoms with Crippen LogP contribution in [0.1, 0.15) is 18.4 Å². The Morgan fingerprint density at radius 1 is 1.50 bits per heavy atom. The highest BCUT2D eigenvalue weighted by molar-refractivity contribution is 6.32. The molecule has 0 atom stereocenters. The van der Waals surface area contributed by atoms with E-state index >= 15 is 0 Å². The van der Waals surface area contributed by atoms with Gasteiger partial charge in [0.2, 0.25) is 0 Å². The van der Waals surface area contributed by atoms with E-state index in [-0.39, 0.29) is 0 Å². The second-order valence-corrected chi connectivity index (χ2v) is 3.81. The Kier molecular flexibility index (Phi) is 3.42. The molecule has 0 spiro atoms. The summed E-state index contributed by atoms with van der Waals surface area (Å²) in [7, 11) is 5.57. The second-order valence-electron chi connectivity index (χ2n) is 3.81. The molecule has 1 aliphatic rings. The molecule has 2 heterocycles. The largest absolute Gasteiger partial charge is 0.381 e. The molecule has 1 saturated heterocycles. The van der Waals surface area contributed by atoms with Crippen molar-refractivity contribution in [1.82, 2.24) is 4.98 Å². The van der Waals surface area contributed by atoms with E-state index in [1.807, 2.05) is 0 Å². The van der Waals surface area contributed by atoms with E-state index in [4.69, 9.17) is 17.8 Å². The third-order valence-electron chi connectivity index (χ3n) is 2.59. The Morgan fingerprint density at radius 2 is 2.25 bits per heavy atom. The number of hydrogen-bond donors (Lipinski definition) is 1. The van der Waals surface area contributed by atoms with E-state index in [1.54, 1.807) is 12.3 Å². The van der Waals surface area contributed by atoms with Gasteiger partial charge in [0.25, 0.3) is 0 Å². The summed E-state index contributed by atoms with van der Waals surface area (Å²) in [6.07, 6.45) is 3.44. The van der Waals surface area contributed by atoms with Crippen molar-refractivity contribution in [3.8, 4) is 6.07 Å². The smallest absolute Gasteiger partial charge is 0.144 e. The number of anilines is 1. The normalized spacial score (nSPS) is 16.7. The van der Waals surface area contributed by atoms with Gasteiger partial charge in [0.15, 0.2) is 0 Å². The molecule has 4 nitrogen and oxygen atoms in total. The van der Waals surface area contributed by atoms with E-state index in [0.717, 1.165) is 26.1 Å². The fraction of sp³-hybridized carbons (Fsp3) is 0.455. The number of aromatic nitrogens is 1. The first-order valence-electron chi connectivity index (χ1n) is 5.29. The molecule has 0 amide bonds. The van der Waals surface area contributed by atoms with Crippen molar-refractivity contribution in [3.05, 3.63) is 17.8 Å². The molecule has 0 unspecified atom stereocenters. The van der Waals surface area contributed by atoms with Gasteiger partial charge < -0.3 is 10.1 Å². The van der Waals surface area contributed by atoms with Crippen LogP contribution < -0.4 is 10.8 Å². The van der Waals surface area contributed by atoms with Gasteiger partial charge in [-0.1, -0.05) is 5.46 Å². The van der Waals surface area contributed by atoms with Crippen molar-refractivity contribution in [2.75, 3.05) is 18.5 Å². The number of nitrogens with one attached hydrogen (secondary N) is 1. The SMILES string of the molecule is [B]c1cnc(NC2CCOCC2)c(C#N)c1. The van der Waals surface area contributed by atoms with Gasteiger partial charge in [-0.2, -0.15) is 5.26 Å². The van der Waals surface area contributed by atoms with Gasteiger partial charge in [-0.15, -0.1) is 0 Å². The third kappa shape index (κ3) is 2.53. The Morgan fingerprint density at radius 3 is 2.94 bits per heavy atom. The number of pyridine rings is 1. The van der Waals surface area contributed by atoms with Gasteiger partial charge in [-0.05, 0) is 18.9 Å². The molecule has 1 aromatic rings. The molecule has 5 heteroatoms. The molecule has 0 aliphatic carbocycles. The van der Waals surface area contributed by atoms with Gasteiger partial charge in [0.05, 0.1) is 5.56 Å². The second kappa shape index (κ2) is 5.00. The zero-order valence-corrected chi connectivity index (χ0v) is 8.94.